The number of hydrogen-bond donors (Lipinski definition) is 1. The first-order valence-electron chi connectivity index (χ1n) is 4.96. The average molecular weight is 285 g/mol. The van der Waals surface area contributed by atoms with E-state index in [1.165, 1.54) is 9.71 Å². The van der Waals surface area contributed by atoms with E-state index >= 15 is 0 Å². The van der Waals surface area contributed by atoms with Crippen LogP contribution in [0.25, 0.3) is 10.2 Å². The second kappa shape index (κ2) is 4.60. The Morgan fingerprint density at radius 3 is 3.07 bits per heavy atom. The van der Waals surface area contributed by atoms with Crippen LogP contribution in [0.5, 0.6) is 0 Å². The van der Waals surface area contributed by atoms with E-state index in [0.29, 0.717) is 5.92 Å². The second-order valence-corrected chi connectivity index (χ2v) is 5.62. The van der Waals surface area contributed by atoms with Gasteiger partial charge in [-0.2, -0.15) is 0 Å². The van der Waals surface area contributed by atoms with Gasteiger partial charge in [-0.3, -0.25) is 0 Å². The molecule has 15 heavy (non-hydrogen) atoms. The van der Waals surface area contributed by atoms with Crippen molar-refractivity contribution in [3.63, 3.8) is 0 Å². The molecule has 0 aliphatic carbocycles. The number of hydrogen-bond acceptors (Lipinski definition) is 3. The van der Waals surface area contributed by atoms with Gasteiger partial charge < -0.3 is 5.73 Å². The summed E-state index contributed by atoms with van der Waals surface area (Å²) in [5.74, 6) is 0.464. The quantitative estimate of drug-likeness (QED) is 0.937. The molecule has 0 aliphatic heterocycles. The van der Waals surface area contributed by atoms with Gasteiger partial charge in [-0.05, 0) is 31.2 Å². The molecule has 4 heteroatoms. The molecule has 0 saturated heterocycles. The summed E-state index contributed by atoms with van der Waals surface area (Å²) >= 11 is 5.23. The molecule has 1 aromatic heterocycles. The number of benzene rings is 1. The molecule has 2 rings (SSSR count). The van der Waals surface area contributed by atoms with Crippen molar-refractivity contribution in [2.75, 3.05) is 6.54 Å². The van der Waals surface area contributed by atoms with Gasteiger partial charge in [-0.15, -0.1) is 11.3 Å². The van der Waals surface area contributed by atoms with Crippen molar-refractivity contribution in [1.29, 1.82) is 0 Å². The first-order chi connectivity index (χ1) is 7.20. The van der Waals surface area contributed by atoms with Gasteiger partial charge in [0, 0.05) is 10.4 Å². The molecule has 0 spiro atoms. The first kappa shape index (κ1) is 11.0. The molecule has 0 amide bonds. The van der Waals surface area contributed by atoms with E-state index in [1.807, 2.05) is 6.07 Å². The number of fused-ring (bicyclic) bond motifs is 1. The third-order valence-electron chi connectivity index (χ3n) is 2.39. The number of rotatable bonds is 3. The van der Waals surface area contributed by atoms with Crippen LogP contribution in [0.3, 0.4) is 0 Å². The smallest absolute Gasteiger partial charge is 0.0967 e. The molecule has 0 saturated carbocycles. The van der Waals surface area contributed by atoms with Gasteiger partial charge in [-0.1, -0.05) is 22.9 Å². The van der Waals surface area contributed by atoms with E-state index in [-0.39, 0.29) is 0 Å². The van der Waals surface area contributed by atoms with Crippen molar-refractivity contribution in [2.24, 2.45) is 5.73 Å². The second-order valence-electron chi connectivity index (χ2n) is 3.64. The summed E-state index contributed by atoms with van der Waals surface area (Å²) in [5, 5.41) is 1.19. The summed E-state index contributed by atoms with van der Waals surface area (Å²) in [4.78, 5) is 4.61. The summed E-state index contributed by atoms with van der Waals surface area (Å²) in [6, 6.07) is 6.19. The highest BCUT2D eigenvalue weighted by atomic mass is 79.9. The lowest BCUT2D eigenvalue weighted by Gasteiger charge is -2.03. The lowest BCUT2D eigenvalue weighted by molar-refractivity contribution is 0.687. The largest absolute Gasteiger partial charge is 0.330 e. The number of halogens is 1. The molecule has 1 aromatic carbocycles. The first-order valence-corrected chi connectivity index (χ1v) is 6.57. The fourth-order valence-electron chi connectivity index (χ4n) is 1.50. The third kappa shape index (κ3) is 2.38. The fraction of sp³-hybridized carbons (Fsp3) is 0.364. The molecule has 0 bridgehead atoms. The third-order valence-corrected chi connectivity index (χ3v) is 4.13. The fourth-order valence-corrected chi connectivity index (χ4v) is 3.11. The molecule has 2 N–H and O–H groups in total. The predicted molar refractivity (Wildman–Crippen MR) is 69.4 cm³/mol. The van der Waals surface area contributed by atoms with Gasteiger partial charge in [0.15, 0.2) is 0 Å². The topological polar surface area (TPSA) is 38.9 Å². The minimum atomic E-state index is 0.464. The molecule has 80 valence electrons. The zero-order valence-electron chi connectivity index (χ0n) is 8.53. The SMILES string of the molecule is CC(CCN)c1nc2ccc(Br)cc2s1. The molecule has 2 aromatic rings. The molecule has 2 nitrogen and oxygen atoms in total. The van der Waals surface area contributed by atoms with Gasteiger partial charge in [0.2, 0.25) is 0 Å². The molecule has 0 fully saturated rings. The highest BCUT2D eigenvalue weighted by Crippen LogP contribution is 2.30. The standard InChI is InChI=1S/C11H13BrN2S/c1-7(4-5-13)11-14-9-3-2-8(12)6-10(9)15-11/h2-3,6-7H,4-5,13H2,1H3. The summed E-state index contributed by atoms with van der Waals surface area (Å²) < 4.78 is 2.35. The summed E-state index contributed by atoms with van der Waals surface area (Å²) in [6.45, 7) is 2.90. The Morgan fingerprint density at radius 1 is 1.53 bits per heavy atom. The van der Waals surface area contributed by atoms with Crippen LogP contribution < -0.4 is 5.73 Å². The molecule has 0 aliphatic rings. The van der Waals surface area contributed by atoms with E-state index in [2.05, 4.69) is 40.0 Å². The Morgan fingerprint density at radius 2 is 2.33 bits per heavy atom. The van der Waals surface area contributed by atoms with Gasteiger partial charge >= 0.3 is 0 Å². The van der Waals surface area contributed by atoms with Gasteiger partial charge in [0.05, 0.1) is 15.2 Å². The lowest BCUT2D eigenvalue weighted by atomic mass is 10.1. The average Bonchev–Trinajstić information content (AvgIpc) is 2.60. The maximum Gasteiger partial charge on any atom is 0.0967 e. The van der Waals surface area contributed by atoms with Crippen LogP contribution >= 0.6 is 27.3 Å². The van der Waals surface area contributed by atoms with Crippen molar-refractivity contribution in [2.45, 2.75) is 19.3 Å². The van der Waals surface area contributed by atoms with Gasteiger partial charge in [0.25, 0.3) is 0 Å². The molecular weight excluding hydrogens is 272 g/mol. The van der Waals surface area contributed by atoms with Gasteiger partial charge in [-0.25, -0.2) is 4.98 Å². The summed E-state index contributed by atoms with van der Waals surface area (Å²) in [6.07, 6.45) is 1.00. The Hall–Kier alpha value is -0.450. The van der Waals surface area contributed by atoms with Crippen LogP contribution in [-0.4, -0.2) is 11.5 Å². The maximum absolute atomic E-state index is 5.55. The zero-order valence-corrected chi connectivity index (χ0v) is 10.9. The van der Waals surface area contributed by atoms with Crippen LogP contribution in [0.1, 0.15) is 24.3 Å². The number of thiazole rings is 1. The van der Waals surface area contributed by atoms with Gasteiger partial charge in [0.1, 0.15) is 0 Å². The summed E-state index contributed by atoms with van der Waals surface area (Å²) in [7, 11) is 0. The number of nitrogens with zero attached hydrogens (tertiary/aromatic N) is 1. The maximum atomic E-state index is 5.55. The zero-order chi connectivity index (χ0) is 10.8. The van der Waals surface area contributed by atoms with Crippen LogP contribution in [0.2, 0.25) is 0 Å². The van der Waals surface area contributed by atoms with Crippen LogP contribution in [0, 0.1) is 0 Å². The van der Waals surface area contributed by atoms with Crippen molar-refractivity contribution in [1.82, 2.24) is 4.98 Å². The van der Waals surface area contributed by atoms with Crippen molar-refractivity contribution >= 4 is 37.5 Å². The normalized spacial score (nSPS) is 13.3. The Kier molecular flexibility index (Phi) is 3.38. The molecule has 0 radical (unpaired) electrons. The van der Waals surface area contributed by atoms with Crippen LogP contribution in [0.4, 0.5) is 0 Å². The predicted octanol–water partition coefficient (Wildman–Crippen LogP) is 3.51. The molecule has 1 atom stereocenters. The van der Waals surface area contributed by atoms with Crippen molar-refractivity contribution in [3.05, 3.63) is 27.7 Å². The van der Waals surface area contributed by atoms with E-state index in [9.17, 15) is 0 Å². The highest BCUT2D eigenvalue weighted by molar-refractivity contribution is 9.10. The number of nitrogens with two attached hydrogens (primary N) is 1. The van der Waals surface area contributed by atoms with Crippen molar-refractivity contribution < 1.29 is 0 Å². The minimum Gasteiger partial charge on any atom is -0.330 e. The van der Waals surface area contributed by atoms with E-state index in [4.69, 9.17) is 5.73 Å². The lowest BCUT2D eigenvalue weighted by Crippen LogP contribution is -2.03. The number of aromatic nitrogens is 1. The molecule has 1 heterocycles. The Bertz CT molecular complexity index is 467. The molecular formula is C11H13BrN2S. The Balaban J connectivity index is 2.38. The molecule has 1 unspecified atom stereocenters. The summed E-state index contributed by atoms with van der Waals surface area (Å²) in [5.41, 5.74) is 6.64. The van der Waals surface area contributed by atoms with E-state index < -0.39 is 0 Å². The van der Waals surface area contributed by atoms with E-state index in [1.54, 1.807) is 11.3 Å². The minimum absolute atomic E-state index is 0.464. The van der Waals surface area contributed by atoms with Crippen LogP contribution in [0.15, 0.2) is 22.7 Å². The monoisotopic (exact) mass is 284 g/mol. The Labute approximate surface area is 102 Å². The van der Waals surface area contributed by atoms with Crippen molar-refractivity contribution in [3.8, 4) is 0 Å². The highest BCUT2D eigenvalue weighted by Gasteiger charge is 2.10. The van der Waals surface area contributed by atoms with Crippen LogP contribution in [-0.2, 0) is 0 Å². The van der Waals surface area contributed by atoms with E-state index in [0.717, 1.165) is 23.0 Å².